The van der Waals surface area contributed by atoms with Crippen molar-refractivity contribution in [2.75, 3.05) is 26.4 Å². The molecule has 0 spiro atoms. The highest BCUT2D eigenvalue weighted by Crippen LogP contribution is 2.04. The first-order chi connectivity index (χ1) is 6.16. The van der Waals surface area contributed by atoms with Crippen molar-refractivity contribution in [1.82, 2.24) is 0 Å². The number of hydrogen-bond donors (Lipinski definition) is 3. The first-order valence-electron chi connectivity index (χ1n) is 3.62. The smallest absolute Gasteiger partial charge is 0.332 e. The van der Waals surface area contributed by atoms with Crippen LogP contribution in [0.25, 0.3) is 0 Å². The Morgan fingerprint density at radius 2 is 2.00 bits per heavy atom. The Balaban J connectivity index is 3.33. The van der Waals surface area contributed by atoms with Crippen molar-refractivity contribution in [2.24, 2.45) is 0 Å². The molecule has 0 bridgehead atoms. The standard InChI is InChI=1S/C7H12O4S2/c8-1-2-10-3-4-11-6(9)5-7(12)13/h5,8,12-13H,1-4H2. The van der Waals surface area contributed by atoms with Gasteiger partial charge in [0.15, 0.2) is 0 Å². The maximum Gasteiger partial charge on any atom is 0.332 e. The molecule has 0 atom stereocenters. The summed E-state index contributed by atoms with van der Waals surface area (Å²) in [6, 6.07) is 0. The average Bonchev–Trinajstić information content (AvgIpc) is 2.02. The molecule has 0 saturated carbocycles. The van der Waals surface area contributed by atoms with Gasteiger partial charge in [-0.2, -0.15) is 0 Å². The van der Waals surface area contributed by atoms with Crippen LogP contribution in [0.3, 0.4) is 0 Å². The summed E-state index contributed by atoms with van der Waals surface area (Å²) in [4.78, 5) is 10.8. The highest BCUT2D eigenvalue weighted by molar-refractivity contribution is 8.05. The summed E-state index contributed by atoms with van der Waals surface area (Å²) >= 11 is 7.55. The molecule has 4 nitrogen and oxygen atoms in total. The summed E-state index contributed by atoms with van der Waals surface area (Å²) in [6.07, 6.45) is 1.15. The molecular formula is C7H12O4S2. The molecule has 0 unspecified atom stereocenters. The monoisotopic (exact) mass is 224 g/mol. The topological polar surface area (TPSA) is 55.8 Å². The van der Waals surface area contributed by atoms with E-state index in [0.29, 0.717) is 4.24 Å². The minimum atomic E-state index is -0.507. The number of carbonyl (C=O) groups is 1. The predicted octanol–water partition coefficient (Wildman–Crippen LogP) is 0.239. The third-order valence-electron chi connectivity index (χ3n) is 0.955. The van der Waals surface area contributed by atoms with Gasteiger partial charge in [0.1, 0.15) is 6.61 Å². The molecule has 0 aliphatic heterocycles. The molecule has 0 saturated heterocycles. The van der Waals surface area contributed by atoms with E-state index in [2.05, 4.69) is 30.0 Å². The average molecular weight is 224 g/mol. The van der Waals surface area contributed by atoms with Crippen molar-refractivity contribution in [3.63, 3.8) is 0 Å². The van der Waals surface area contributed by atoms with Crippen LogP contribution in [-0.2, 0) is 14.3 Å². The number of rotatable bonds is 6. The number of ether oxygens (including phenoxy) is 2. The Kier molecular flexibility index (Phi) is 8.32. The van der Waals surface area contributed by atoms with E-state index in [1.165, 1.54) is 0 Å². The number of esters is 1. The van der Waals surface area contributed by atoms with Crippen LogP contribution >= 0.6 is 25.3 Å². The fourth-order valence-electron chi connectivity index (χ4n) is 0.515. The zero-order valence-electron chi connectivity index (χ0n) is 6.97. The second-order valence-electron chi connectivity index (χ2n) is 2.01. The summed E-state index contributed by atoms with van der Waals surface area (Å²) in [6.45, 7) is 0.641. The van der Waals surface area contributed by atoms with Crippen LogP contribution in [0.15, 0.2) is 10.3 Å². The molecule has 0 aromatic heterocycles. The molecule has 0 aliphatic rings. The van der Waals surface area contributed by atoms with Crippen molar-refractivity contribution in [1.29, 1.82) is 0 Å². The first kappa shape index (κ1) is 12.8. The third kappa shape index (κ3) is 9.75. The van der Waals surface area contributed by atoms with Gasteiger partial charge in [0, 0.05) is 10.3 Å². The maximum atomic E-state index is 10.8. The van der Waals surface area contributed by atoms with Crippen molar-refractivity contribution < 1.29 is 19.4 Å². The van der Waals surface area contributed by atoms with E-state index in [0.717, 1.165) is 6.08 Å². The van der Waals surface area contributed by atoms with Crippen LogP contribution in [0.2, 0.25) is 0 Å². The predicted molar refractivity (Wildman–Crippen MR) is 54.9 cm³/mol. The van der Waals surface area contributed by atoms with Crippen molar-refractivity contribution in [2.45, 2.75) is 0 Å². The van der Waals surface area contributed by atoms with E-state index in [-0.39, 0.29) is 26.4 Å². The minimum absolute atomic E-state index is 0.0364. The molecule has 0 radical (unpaired) electrons. The molecule has 0 aliphatic carbocycles. The number of hydrogen-bond acceptors (Lipinski definition) is 6. The van der Waals surface area contributed by atoms with E-state index < -0.39 is 5.97 Å². The largest absolute Gasteiger partial charge is 0.460 e. The molecular weight excluding hydrogens is 212 g/mol. The number of aliphatic hydroxyl groups excluding tert-OH is 1. The fraction of sp³-hybridized carbons (Fsp3) is 0.571. The Morgan fingerprint density at radius 1 is 1.31 bits per heavy atom. The molecule has 0 rings (SSSR count). The lowest BCUT2D eigenvalue weighted by Crippen LogP contribution is -2.10. The van der Waals surface area contributed by atoms with E-state index in [9.17, 15) is 4.79 Å². The lowest BCUT2D eigenvalue weighted by molar-refractivity contribution is -0.139. The second-order valence-corrected chi connectivity index (χ2v) is 3.32. The Bertz CT molecular complexity index is 177. The molecule has 0 heterocycles. The lowest BCUT2D eigenvalue weighted by atomic mass is 10.6. The first-order valence-corrected chi connectivity index (χ1v) is 4.51. The third-order valence-corrected chi connectivity index (χ3v) is 1.21. The summed E-state index contributed by atoms with van der Waals surface area (Å²) in [5, 5.41) is 8.33. The van der Waals surface area contributed by atoms with Crippen molar-refractivity contribution in [3.05, 3.63) is 10.3 Å². The molecule has 1 N–H and O–H groups in total. The van der Waals surface area contributed by atoms with Gasteiger partial charge >= 0.3 is 5.97 Å². The lowest BCUT2D eigenvalue weighted by Gasteiger charge is -2.02. The van der Waals surface area contributed by atoms with Crippen LogP contribution in [0.5, 0.6) is 0 Å². The number of thiol groups is 2. The minimum Gasteiger partial charge on any atom is -0.460 e. The summed E-state index contributed by atoms with van der Waals surface area (Å²) in [7, 11) is 0. The Morgan fingerprint density at radius 3 is 2.54 bits per heavy atom. The van der Waals surface area contributed by atoms with Gasteiger partial charge < -0.3 is 14.6 Å². The van der Waals surface area contributed by atoms with Crippen LogP contribution in [0.4, 0.5) is 0 Å². The van der Waals surface area contributed by atoms with Crippen molar-refractivity contribution >= 4 is 31.2 Å². The number of carbonyl (C=O) groups excluding carboxylic acids is 1. The van der Waals surface area contributed by atoms with Crippen LogP contribution in [0, 0.1) is 0 Å². The Labute approximate surface area is 87.7 Å². The van der Waals surface area contributed by atoms with E-state index in [1.807, 2.05) is 0 Å². The quantitative estimate of drug-likeness (QED) is 0.262. The molecule has 0 fully saturated rings. The summed E-state index contributed by atoms with van der Waals surface area (Å²) in [5.41, 5.74) is 0. The van der Waals surface area contributed by atoms with E-state index >= 15 is 0 Å². The zero-order valence-corrected chi connectivity index (χ0v) is 8.76. The molecule has 0 amide bonds. The van der Waals surface area contributed by atoms with Crippen LogP contribution < -0.4 is 0 Å². The Hall–Kier alpha value is -0.170. The number of aliphatic hydroxyl groups is 1. The molecule has 76 valence electrons. The summed E-state index contributed by atoms with van der Waals surface area (Å²) in [5.74, 6) is -0.507. The molecule has 0 aromatic rings. The summed E-state index contributed by atoms with van der Waals surface area (Å²) < 4.78 is 9.82. The van der Waals surface area contributed by atoms with Gasteiger partial charge in [-0.05, 0) is 0 Å². The van der Waals surface area contributed by atoms with Crippen LogP contribution in [-0.4, -0.2) is 37.5 Å². The van der Waals surface area contributed by atoms with E-state index in [1.54, 1.807) is 0 Å². The van der Waals surface area contributed by atoms with Gasteiger partial charge in [-0.3, -0.25) is 0 Å². The van der Waals surface area contributed by atoms with E-state index in [4.69, 9.17) is 9.84 Å². The fourth-order valence-corrected chi connectivity index (χ4v) is 0.726. The van der Waals surface area contributed by atoms with Crippen LogP contribution in [0.1, 0.15) is 0 Å². The van der Waals surface area contributed by atoms with Gasteiger partial charge in [0.05, 0.1) is 19.8 Å². The van der Waals surface area contributed by atoms with Gasteiger partial charge in [0.2, 0.25) is 0 Å². The highest BCUT2D eigenvalue weighted by atomic mass is 32.2. The second kappa shape index (κ2) is 8.43. The van der Waals surface area contributed by atoms with Gasteiger partial charge in [-0.25, -0.2) is 4.79 Å². The van der Waals surface area contributed by atoms with Gasteiger partial charge in [-0.1, -0.05) is 0 Å². The zero-order chi connectivity index (χ0) is 10.1. The molecule has 13 heavy (non-hydrogen) atoms. The SMILES string of the molecule is O=C(C=C(S)S)OCCOCCO. The molecule has 0 aromatic carbocycles. The highest BCUT2D eigenvalue weighted by Gasteiger charge is 1.97. The van der Waals surface area contributed by atoms with Gasteiger partial charge in [0.25, 0.3) is 0 Å². The molecule has 6 heteroatoms. The van der Waals surface area contributed by atoms with Gasteiger partial charge in [-0.15, -0.1) is 25.3 Å². The normalized spacial score (nSPS) is 9.46. The van der Waals surface area contributed by atoms with Crippen molar-refractivity contribution in [3.8, 4) is 0 Å². The maximum absolute atomic E-state index is 10.8.